The summed E-state index contributed by atoms with van der Waals surface area (Å²) in [6.07, 6.45) is 10.4. The summed E-state index contributed by atoms with van der Waals surface area (Å²) in [5.41, 5.74) is 11.4. The number of nitrogens with two attached hydrogens (primary N) is 1. The molecule has 3 heterocycles. The molecule has 0 amide bonds. The van der Waals surface area contributed by atoms with Crippen LogP contribution in [-0.2, 0) is 5.41 Å². The number of imidazole rings is 1. The average Bonchev–Trinajstić information content (AvgIpc) is 3.51. The van der Waals surface area contributed by atoms with E-state index in [4.69, 9.17) is 5.73 Å². The molecular weight excluding hydrogens is 466 g/mol. The minimum absolute atomic E-state index is 0.157. The van der Waals surface area contributed by atoms with Crippen molar-refractivity contribution in [3.05, 3.63) is 79.1 Å². The van der Waals surface area contributed by atoms with Crippen LogP contribution in [0.4, 0.5) is 0 Å². The number of fused-ring (bicyclic) bond motifs is 1. The standard InChI is InChI=1S/C21H31N3.C8H8N2.C2H6.C2H4/c22-20-8-4-7-18-21(20,10-9-20)24(18)16-13-19(11-14-23-15-12-19)17-5-2-1-3-6-17;1-6-9-7-4-2-3-5-8(7)10-6;2*1-2/h1-3,5-6,18,23H,4,7-16,22H2;2-5H,1H3,(H,9,10);1-2H3;1-2H2. The highest BCUT2D eigenvalue weighted by Crippen LogP contribution is 2.65. The Kier molecular flexibility index (Phi) is 9.12. The number of likely N-dealkylation sites (tertiary alicyclic amines) is 1. The molecule has 3 aromatic rings. The number of hydrogen-bond donors (Lipinski definition) is 3. The summed E-state index contributed by atoms with van der Waals surface area (Å²) in [4.78, 5) is 10.2. The van der Waals surface area contributed by atoms with E-state index in [0.29, 0.717) is 11.0 Å². The minimum atomic E-state index is 0.157. The van der Waals surface area contributed by atoms with Gasteiger partial charge in [0.05, 0.1) is 16.6 Å². The van der Waals surface area contributed by atoms with Gasteiger partial charge in [0.2, 0.25) is 0 Å². The number of H-pyrrole nitrogens is 1. The Balaban J connectivity index is 0.000000201. The second-order valence-electron chi connectivity index (χ2n) is 11.2. The molecule has 4 N–H and O–H groups in total. The highest BCUT2D eigenvalue weighted by molar-refractivity contribution is 5.74. The van der Waals surface area contributed by atoms with Crippen molar-refractivity contribution in [3.8, 4) is 0 Å². The van der Waals surface area contributed by atoms with Crippen LogP contribution in [0.5, 0.6) is 0 Å². The van der Waals surface area contributed by atoms with E-state index in [-0.39, 0.29) is 5.54 Å². The number of benzene rings is 2. The quantitative estimate of drug-likeness (QED) is 0.274. The Morgan fingerprint density at radius 2 is 1.63 bits per heavy atom. The number of para-hydroxylation sites is 2. The zero-order chi connectivity index (χ0) is 27.2. The normalized spacial score (nSPS) is 29.9. The van der Waals surface area contributed by atoms with Crippen molar-refractivity contribution in [2.24, 2.45) is 5.73 Å². The zero-order valence-corrected chi connectivity index (χ0v) is 23.9. The van der Waals surface area contributed by atoms with Crippen molar-refractivity contribution >= 4 is 11.0 Å². The summed E-state index contributed by atoms with van der Waals surface area (Å²) in [5.74, 6) is 0.973. The van der Waals surface area contributed by atoms with Gasteiger partial charge >= 0.3 is 0 Å². The molecule has 1 spiro atoms. The first-order valence-corrected chi connectivity index (χ1v) is 14.8. The highest BCUT2D eigenvalue weighted by atomic mass is 15.4. The predicted molar refractivity (Wildman–Crippen MR) is 162 cm³/mol. The Hall–Kier alpha value is -2.47. The first kappa shape index (κ1) is 28.5. The first-order chi connectivity index (χ1) is 18.6. The summed E-state index contributed by atoms with van der Waals surface area (Å²) < 4.78 is 0. The summed E-state index contributed by atoms with van der Waals surface area (Å²) in [6, 6.07) is 20.1. The average molecular weight is 516 g/mol. The summed E-state index contributed by atoms with van der Waals surface area (Å²) in [5, 5.41) is 3.56. The van der Waals surface area contributed by atoms with Gasteiger partial charge in [-0.2, -0.15) is 0 Å². The maximum absolute atomic E-state index is 6.78. The highest BCUT2D eigenvalue weighted by Gasteiger charge is 2.76. The van der Waals surface area contributed by atoms with Crippen molar-refractivity contribution < 1.29 is 0 Å². The van der Waals surface area contributed by atoms with Crippen LogP contribution in [0.25, 0.3) is 11.0 Å². The second-order valence-corrected chi connectivity index (χ2v) is 11.2. The largest absolute Gasteiger partial charge is 0.342 e. The van der Waals surface area contributed by atoms with E-state index in [1.807, 2.05) is 45.0 Å². The molecule has 38 heavy (non-hydrogen) atoms. The molecule has 1 aromatic heterocycles. The number of hydrogen-bond acceptors (Lipinski definition) is 4. The molecule has 0 radical (unpaired) electrons. The van der Waals surface area contributed by atoms with Crippen LogP contribution in [0, 0.1) is 6.92 Å². The molecule has 4 fully saturated rings. The lowest BCUT2D eigenvalue weighted by molar-refractivity contribution is 0.0923. The van der Waals surface area contributed by atoms with Gasteiger partial charge in [-0.3, -0.25) is 4.90 Å². The van der Waals surface area contributed by atoms with Gasteiger partial charge in [-0.25, -0.2) is 4.98 Å². The molecule has 0 bridgehead atoms. The van der Waals surface area contributed by atoms with Crippen LogP contribution in [0.1, 0.15) is 76.6 Å². The van der Waals surface area contributed by atoms with Crippen molar-refractivity contribution in [1.29, 1.82) is 0 Å². The maximum atomic E-state index is 6.78. The van der Waals surface area contributed by atoms with E-state index in [2.05, 4.69) is 63.7 Å². The molecule has 4 atom stereocenters. The van der Waals surface area contributed by atoms with Crippen molar-refractivity contribution in [1.82, 2.24) is 20.2 Å². The van der Waals surface area contributed by atoms with Crippen LogP contribution >= 0.6 is 0 Å². The summed E-state index contributed by atoms with van der Waals surface area (Å²) >= 11 is 0. The van der Waals surface area contributed by atoms with Gasteiger partial charge < -0.3 is 16.0 Å². The van der Waals surface area contributed by atoms with Gasteiger partial charge in [-0.15, -0.1) is 13.2 Å². The smallest absolute Gasteiger partial charge is 0.104 e. The molecule has 4 aliphatic rings. The second kappa shape index (κ2) is 12.1. The van der Waals surface area contributed by atoms with Crippen LogP contribution in [-0.4, -0.2) is 51.6 Å². The van der Waals surface area contributed by atoms with Crippen LogP contribution in [0.15, 0.2) is 67.8 Å². The van der Waals surface area contributed by atoms with Gasteiger partial charge in [0.1, 0.15) is 5.82 Å². The fourth-order valence-electron chi connectivity index (χ4n) is 7.58. The molecule has 2 aromatic carbocycles. The number of aromatic nitrogens is 2. The fourth-order valence-corrected chi connectivity index (χ4v) is 7.58. The monoisotopic (exact) mass is 515 g/mol. The van der Waals surface area contributed by atoms with Crippen molar-refractivity contribution in [2.75, 3.05) is 19.6 Å². The molecule has 2 saturated heterocycles. The third-order valence-corrected chi connectivity index (χ3v) is 9.57. The lowest BCUT2D eigenvalue weighted by Crippen LogP contribution is -2.65. The van der Waals surface area contributed by atoms with E-state index in [1.54, 1.807) is 5.56 Å². The molecule has 5 nitrogen and oxygen atoms in total. The molecule has 4 unspecified atom stereocenters. The van der Waals surface area contributed by atoms with E-state index in [9.17, 15) is 0 Å². The van der Waals surface area contributed by atoms with Crippen LogP contribution in [0.2, 0.25) is 0 Å². The number of nitrogens with zero attached hydrogens (tertiary/aromatic N) is 2. The van der Waals surface area contributed by atoms with E-state index in [0.717, 1.165) is 36.0 Å². The Morgan fingerprint density at radius 3 is 2.26 bits per heavy atom. The third kappa shape index (κ3) is 5.09. The lowest BCUT2D eigenvalue weighted by atomic mass is 9.59. The zero-order valence-electron chi connectivity index (χ0n) is 23.9. The van der Waals surface area contributed by atoms with Crippen molar-refractivity contribution in [2.45, 2.75) is 94.7 Å². The van der Waals surface area contributed by atoms with E-state index < -0.39 is 0 Å². The van der Waals surface area contributed by atoms with Gasteiger partial charge in [-0.05, 0) is 94.5 Å². The number of aryl methyl sites for hydroxylation is 1. The number of rotatable bonds is 4. The van der Waals surface area contributed by atoms with Gasteiger partial charge in [0.25, 0.3) is 0 Å². The topological polar surface area (TPSA) is 69.7 Å². The minimum Gasteiger partial charge on any atom is -0.342 e. The molecule has 206 valence electrons. The Labute approximate surface area is 230 Å². The molecule has 2 saturated carbocycles. The Bertz CT molecular complexity index is 1120. The number of aromatic amines is 1. The van der Waals surface area contributed by atoms with Gasteiger partial charge in [-0.1, -0.05) is 56.3 Å². The third-order valence-electron chi connectivity index (χ3n) is 9.57. The molecular formula is C33H49N5. The SMILES string of the molecule is C=C.CC.Cc1nc2ccccc2[nH]1.NC12CCCC3N(CCC4(c5ccccc5)CCNCC4)C31CC2. The Morgan fingerprint density at radius 1 is 0.947 bits per heavy atom. The van der Waals surface area contributed by atoms with Gasteiger partial charge in [0.15, 0.2) is 0 Å². The number of nitrogens with one attached hydrogen (secondary N) is 2. The summed E-state index contributed by atoms with van der Waals surface area (Å²) in [6.45, 7) is 15.5. The lowest BCUT2D eigenvalue weighted by Gasteiger charge is -2.51. The predicted octanol–water partition coefficient (Wildman–Crippen LogP) is 6.50. The number of piperidine rings is 1. The summed E-state index contributed by atoms with van der Waals surface area (Å²) in [7, 11) is 0. The maximum Gasteiger partial charge on any atom is 0.104 e. The van der Waals surface area contributed by atoms with E-state index >= 15 is 0 Å². The van der Waals surface area contributed by atoms with Crippen LogP contribution < -0.4 is 11.1 Å². The van der Waals surface area contributed by atoms with Crippen LogP contribution in [0.3, 0.4) is 0 Å². The molecule has 7 rings (SSSR count). The molecule has 5 heteroatoms. The van der Waals surface area contributed by atoms with Crippen molar-refractivity contribution in [3.63, 3.8) is 0 Å². The fraction of sp³-hybridized carbons (Fsp3) is 0.545. The first-order valence-electron chi connectivity index (χ1n) is 14.8. The molecule has 2 aliphatic carbocycles. The molecule has 2 aliphatic heterocycles. The van der Waals surface area contributed by atoms with E-state index in [1.165, 1.54) is 57.9 Å². The van der Waals surface area contributed by atoms with Gasteiger partial charge in [0, 0.05) is 18.1 Å².